The molecule has 0 saturated heterocycles. The van der Waals surface area contributed by atoms with E-state index >= 15 is 0 Å². The standard InChI is InChI=1S/C12H15NO3/c1-8(12(15)16-3)13-11-6-4-10(5-7-11)9(2)14/h4-8,13H,1-3H3. The summed E-state index contributed by atoms with van der Waals surface area (Å²) in [4.78, 5) is 22.2. The normalized spacial score (nSPS) is 11.7. The maximum absolute atomic E-state index is 11.2. The Balaban J connectivity index is 2.68. The number of carbonyl (C=O) groups excluding carboxylic acids is 2. The molecule has 0 bridgehead atoms. The molecule has 4 nitrogen and oxygen atoms in total. The maximum Gasteiger partial charge on any atom is 0.327 e. The number of Topliss-reactive ketones (excluding diaryl/α,β-unsaturated/α-hetero) is 1. The maximum atomic E-state index is 11.2. The molecule has 1 rings (SSSR count). The van der Waals surface area contributed by atoms with Crippen LogP contribution in [0.2, 0.25) is 0 Å². The van der Waals surface area contributed by atoms with Crippen LogP contribution >= 0.6 is 0 Å². The van der Waals surface area contributed by atoms with Crippen molar-refractivity contribution in [1.82, 2.24) is 0 Å². The van der Waals surface area contributed by atoms with Crippen molar-refractivity contribution in [3.63, 3.8) is 0 Å². The average Bonchev–Trinajstić information content (AvgIpc) is 2.28. The number of anilines is 1. The lowest BCUT2D eigenvalue weighted by Crippen LogP contribution is -2.27. The van der Waals surface area contributed by atoms with Crippen molar-refractivity contribution in [2.45, 2.75) is 19.9 Å². The first-order valence-corrected chi connectivity index (χ1v) is 5.00. The fourth-order valence-electron chi connectivity index (χ4n) is 1.29. The van der Waals surface area contributed by atoms with Gasteiger partial charge >= 0.3 is 5.97 Å². The van der Waals surface area contributed by atoms with Crippen LogP contribution in [-0.2, 0) is 9.53 Å². The van der Waals surface area contributed by atoms with Crippen LogP contribution in [0.1, 0.15) is 24.2 Å². The van der Waals surface area contributed by atoms with Crippen LogP contribution < -0.4 is 5.32 Å². The first-order chi connectivity index (χ1) is 7.54. The van der Waals surface area contributed by atoms with E-state index in [1.165, 1.54) is 14.0 Å². The summed E-state index contributed by atoms with van der Waals surface area (Å²) in [6.45, 7) is 3.23. The molecular weight excluding hydrogens is 206 g/mol. The number of carbonyl (C=O) groups is 2. The average molecular weight is 221 g/mol. The molecule has 86 valence electrons. The number of benzene rings is 1. The van der Waals surface area contributed by atoms with Gasteiger partial charge in [0.05, 0.1) is 7.11 Å². The van der Waals surface area contributed by atoms with Gasteiger partial charge in [-0.25, -0.2) is 4.79 Å². The largest absolute Gasteiger partial charge is 0.467 e. The molecule has 1 unspecified atom stereocenters. The van der Waals surface area contributed by atoms with Crippen molar-refractivity contribution in [3.05, 3.63) is 29.8 Å². The SMILES string of the molecule is COC(=O)C(C)Nc1ccc(C(C)=O)cc1. The summed E-state index contributed by atoms with van der Waals surface area (Å²) < 4.78 is 4.59. The van der Waals surface area contributed by atoms with E-state index in [0.29, 0.717) is 5.56 Å². The second kappa shape index (κ2) is 5.30. The van der Waals surface area contributed by atoms with Gasteiger partial charge in [0.2, 0.25) is 0 Å². The minimum Gasteiger partial charge on any atom is -0.467 e. The molecule has 0 aromatic heterocycles. The smallest absolute Gasteiger partial charge is 0.327 e. The second-order valence-electron chi connectivity index (χ2n) is 3.52. The first kappa shape index (κ1) is 12.2. The van der Waals surface area contributed by atoms with Gasteiger partial charge < -0.3 is 10.1 Å². The molecule has 1 N–H and O–H groups in total. The van der Waals surface area contributed by atoms with E-state index in [0.717, 1.165) is 5.69 Å². The van der Waals surface area contributed by atoms with Crippen LogP contribution in [0.4, 0.5) is 5.69 Å². The van der Waals surface area contributed by atoms with Gasteiger partial charge in [-0.05, 0) is 38.1 Å². The van der Waals surface area contributed by atoms with Crippen LogP contribution in [0.3, 0.4) is 0 Å². The molecule has 0 saturated carbocycles. The predicted octanol–water partition coefficient (Wildman–Crippen LogP) is 1.86. The van der Waals surface area contributed by atoms with Gasteiger partial charge in [-0.2, -0.15) is 0 Å². The number of ketones is 1. The lowest BCUT2D eigenvalue weighted by molar-refractivity contribution is -0.141. The van der Waals surface area contributed by atoms with Crippen molar-refractivity contribution in [1.29, 1.82) is 0 Å². The summed E-state index contributed by atoms with van der Waals surface area (Å²) >= 11 is 0. The molecule has 0 amide bonds. The zero-order chi connectivity index (χ0) is 12.1. The Bertz CT molecular complexity index is 384. The Kier molecular flexibility index (Phi) is 4.05. The van der Waals surface area contributed by atoms with Gasteiger partial charge in [-0.3, -0.25) is 4.79 Å². The highest BCUT2D eigenvalue weighted by Crippen LogP contribution is 2.11. The van der Waals surface area contributed by atoms with Gasteiger partial charge in [0, 0.05) is 11.3 Å². The Morgan fingerprint density at radius 2 is 1.81 bits per heavy atom. The molecule has 0 radical (unpaired) electrons. The number of methoxy groups -OCH3 is 1. The third-order valence-corrected chi connectivity index (χ3v) is 2.23. The molecule has 1 aromatic carbocycles. The number of nitrogens with one attached hydrogen (secondary N) is 1. The Morgan fingerprint density at radius 1 is 1.25 bits per heavy atom. The molecule has 0 aliphatic rings. The van der Waals surface area contributed by atoms with Crippen molar-refractivity contribution < 1.29 is 14.3 Å². The molecule has 0 fully saturated rings. The Hall–Kier alpha value is -1.84. The molecule has 0 heterocycles. The summed E-state index contributed by atoms with van der Waals surface area (Å²) in [5, 5.41) is 2.97. The van der Waals surface area contributed by atoms with Gasteiger partial charge in [0.15, 0.2) is 5.78 Å². The summed E-state index contributed by atoms with van der Waals surface area (Å²) in [5.74, 6) is -0.303. The fraction of sp³-hybridized carbons (Fsp3) is 0.333. The van der Waals surface area contributed by atoms with Gasteiger partial charge in [-0.1, -0.05) is 0 Å². The summed E-state index contributed by atoms with van der Waals surface area (Å²) in [6.07, 6.45) is 0. The predicted molar refractivity (Wildman–Crippen MR) is 61.5 cm³/mol. The Morgan fingerprint density at radius 3 is 2.25 bits per heavy atom. The molecule has 0 aliphatic heterocycles. The number of hydrogen-bond acceptors (Lipinski definition) is 4. The van der Waals surface area contributed by atoms with E-state index in [-0.39, 0.29) is 11.8 Å². The third-order valence-electron chi connectivity index (χ3n) is 2.23. The third kappa shape index (κ3) is 3.08. The minimum absolute atomic E-state index is 0.0209. The van der Waals surface area contributed by atoms with E-state index < -0.39 is 6.04 Å². The zero-order valence-corrected chi connectivity index (χ0v) is 9.61. The molecular formula is C12H15NO3. The topological polar surface area (TPSA) is 55.4 Å². The lowest BCUT2D eigenvalue weighted by Gasteiger charge is -2.12. The summed E-state index contributed by atoms with van der Waals surface area (Å²) in [5.41, 5.74) is 1.43. The highest BCUT2D eigenvalue weighted by atomic mass is 16.5. The number of esters is 1. The molecule has 0 spiro atoms. The number of ether oxygens (including phenoxy) is 1. The van der Waals surface area contributed by atoms with E-state index in [9.17, 15) is 9.59 Å². The van der Waals surface area contributed by atoms with Crippen LogP contribution in [-0.4, -0.2) is 24.9 Å². The van der Waals surface area contributed by atoms with Gasteiger partial charge in [-0.15, -0.1) is 0 Å². The van der Waals surface area contributed by atoms with Crippen molar-refractivity contribution in [2.75, 3.05) is 12.4 Å². The second-order valence-corrected chi connectivity index (χ2v) is 3.52. The van der Waals surface area contributed by atoms with E-state index in [4.69, 9.17) is 0 Å². The van der Waals surface area contributed by atoms with Gasteiger partial charge in [0.25, 0.3) is 0 Å². The Labute approximate surface area is 94.6 Å². The molecule has 4 heteroatoms. The minimum atomic E-state index is -0.409. The zero-order valence-electron chi connectivity index (χ0n) is 9.61. The quantitative estimate of drug-likeness (QED) is 0.623. The van der Waals surface area contributed by atoms with Crippen LogP contribution in [0, 0.1) is 0 Å². The van der Waals surface area contributed by atoms with E-state index in [1.807, 2.05) is 0 Å². The van der Waals surface area contributed by atoms with Crippen LogP contribution in [0.5, 0.6) is 0 Å². The number of rotatable bonds is 4. The highest BCUT2D eigenvalue weighted by Gasteiger charge is 2.12. The molecule has 1 aromatic rings. The highest BCUT2D eigenvalue weighted by molar-refractivity contribution is 5.94. The molecule has 1 atom stereocenters. The lowest BCUT2D eigenvalue weighted by atomic mass is 10.1. The monoisotopic (exact) mass is 221 g/mol. The first-order valence-electron chi connectivity index (χ1n) is 5.00. The van der Waals surface area contributed by atoms with E-state index in [2.05, 4.69) is 10.1 Å². The van der Waals surface area contributed by atoms with E-state index in [1.54, 1.807) is 31.2 Å². The molecule has 0 aliphatic carbocycles. The van der Waals surface area contributed by atoms with Crippen molar-refractivity contribution >= 4 is 17.4 Å². The fourth-order valence-corrected chi connectivity index (χ4v) is 1.29. The number of hydrogen-bond donors (Lipinski definition) is 1. The van der Waals surface area contributed by atoms with Crippen molar-refractivity contribution in [3.8, 4) is 0 Å². The van der Waals surface area contributed by atoms with Gasteiger partial charge in [0.1, 0.15) is 6.04 Å². The van der Waals surface area contributed by atoms with Crippen molar-refractivity contribution in [2.24, 2.45) is 0 Å². The van der Waals surface area contributed by atoms with Crippen LogP contribution in [0.15, 0.2) is 24.3 Å². The summed E-state index contributed by atoms with van der Waals surface area (Å²) in [6, 6.07) is 6.54. The summed E-state index contributed by atoms with van der Waals surface area (Å²) in [7, 11) is 1.35. The van der Waals surface area contributed by atoms with Crippen LogP contribution in [0.25, 0.3) is 0 Å². The molecule has 16 heavy (non-hydrogen) atoms.